The van der Waals surface area contributed by atoms with Crippen molar-refractivity contribution in [3.05, 3.63) is 35.5 Å². The lowest BCUT2D eigenvalue weighted by Gasteiger charge is -1.98. The van der Waals surface area contributed by atoms with Gasteiger partial charge in [0.05, 0.1) is 5.52 Å². The van der Waals surface area contributed by atoms with E-state index in [0.717, 1.165) is 29.9 Å². The number of rotatable bonds is 3. The van der Waals surface area contributed by atoms with Gasteiger partial charge in [0, 0.05) is 11.6 Å². The van der Waals surface area contributed by atoms with Gasteiger partial charge in [0.1, 0.15) is 0 Å². The molecule has 15 heavy (non-hydrogen) atoms. The Labute approximate surface area is 86.1 Å². The Balaban J connectivity index is 2.47. The number of nitrogens with two attached hydrogens (primary N) is 1. The quantitative estimate of drug-likeness (QED) is 0.802. The molecule has 2 nitrogen and oxygen atoms in total. The van der Waals surface area contributed by atoms with Crippen molar-refractivity contribution in [3.63, 3.8) is 0 Å². The van der Waals surface area contributed by atoms with Crippen molar-refractivity contribution in [1.29, 1.82) is 0 Å². The SMILES string of the molecule is NCCCc1c[nH]c2c(F)c(F)ccc12. The minimum Gasteiger partial charge on any atom is -0.358 e. The first-order valence-electron chi connectivity index (χ1n) is 4.88. The summed E-state index contributed by atoms with van der Waals surface area (Å²) in [5, 5.41) is 0.738. The maximum atomic E-state index is 13.3. The second-order valence-corrected chi connectivity index (χ2v) is 3.49. The van der Waals surface area contributed by atoms with E-state index in [9.17, 15) is 8.78 Å². The van der Waals surface area contributed by atoms with E-state index in [4.69, 9.17) is 5.73 Å². The van der Waals surface area contributed by atoms with Crippen LogP contribution < -0.4 is 5.73 Å². The Morgan fingerprint density at radius 1 is 1.27 bits per heavy atom. The maximum Gasteiger partial charge on any atom is 0.182 e. The van der Waals surface area contributed by atoms with Crippen molar-refractivity contribution in [2.24, 2.45) is 5.73 Å². The van der Waals surface area contributed by atoms with E-state index in [1.165, 1.54) is 0 Å². The Kier molecular flexibility index (Phi) is 2.68. The van der Waals surface area contributed by atoms with Crippen LogP contribution in [0.25, 0.3) is 10.9 Å². The summed E-state index contributed by atoms with van der Waals surface area (Å²) in [6.45, 7) is 0.594. The number of hydrogen-bond donors (Lipinski definition) is 2. The molecule has 0 unspecified atom stereocenters. The lowest BCUT2D eigenvalue weighted by Crippen LogP contribution is -1.99. The fraction of sp³-hybridized carbons (Fsp3) is 0.273. The van der Waals surface area contributed by atoms with Crippen LogP contribution in [0, 0.1) is 11.6 Å². The van der Waals surface area contributed by atoms with E-state index in [2.05, 4.69) is 4.98 Å². The van der Waals surface area contributed by atoms with Gasteiger partial charge < -0.3 is 10.7 Å². The topological polar surface area (TPSA) is 41.8 Å². The summed E-state index contributed by atoms with van der Waals surface area (Å²) in [6.07, 6.45) is 3.33. The fourth-order valence-corrected chi connectivity index (χ4v) is 1.70. The Morgan fingerprint density at radius 2 is 2.07 bits per heavy atom. The van der Waals surface area contributed by atoms with E-state index in [0.29, 0.717) is 6.54 Å². The third kappa shape index (κ3) is 1.72. The molecule has 3 N–H and O–H groups in total. The first-order valence-corrected chi connectivity index (χ1v) is 4.88. The molecular formula is C11H12F2N2. The zero-order valence-electron chi connectivity index (χ0n) is 8.19. The van der Waals surface area contributed by atoms with Crippen LogP contribution in [0.1, 0.15) is 12.0 Å². The Hall–Kier alpha value is -1.42. The molecule has 0 saturated heterocycles. The van der Waals surface area contributed by atoms with Crippen LogP contribution in [0.3, 0.4) is 0 Å². The summed E-state index contributed by atoms with van der Waals surface area (Å²) < 4.78 is 26.2. The van der Waals surface area contributed by atoms with Crippen LogP contribution in [0.5, 0.6) is 0 Å². The van der Waals surface area contributed by atoms with Gasteiger partial charge in [0.15, 0.2) is 11.6 Å². The summed E-state index contributed by atoms with van der Waals surface area (Å²) in [5.74, 6) is -1.64. The van der Waals surface area contributed by atoms with E-state index in [1.54, 1.807) is 12.3 Å². The van der Waals surface area contributed by atoms with Gasteiger partial charge in [-0.2, -0.15) is 0 Å². The molecule has 0 aliphatic rings. The molecule has 0 amide bonds. The monoisotopic (exact) mass is 210 g/mol. The third-order valence-electron chi connectivity index (χ3n) is 2.48. The van der Waals surface area contributed by atoms with Gasteiger partial charge in [0.25, 0.3) is 0 Å². The van der Waals surface area contributed by atoms with Crippen LogP contribution >= 0.6 is 0 Å². The van der Waals surface area contributed by atoms with Crippen LogP contribution in [-0.4, -0.2) is 11.5 Å². The molecule has 0 radical (unpaired) electrons. The van der Waals surface area contributed by atoms with Crippen molar-refractivity contribution < 1.29 is 8.78 Å². The van der Waals surface area contributed by atoms with Crippen molar-refractivity contribution in [3.8, 4) is 0 Å². The molecular weight excluding hydrogens is 198 g/mol. The van der Waals surface area contributed by atoms with E-state index in [1.807, 2.05) is 0 Å². The highest BCUT2D eigenvalue weighted by atomic mass is 19.2. The number of aromatic nitrogens is 1. The number of H-pyrrole nitrogens is 1. The molecule has 0 fully saturated rings. The first kappa shape index (κ1) is 10.1. The molecule has 0 aliphatic heterocycles. The van der Waals surface area contributed by atoms with Crippen molar-refractivity contribution in [1.82, 2.24) is 4.98 Å². The predicted molar refractivity (Wildman–Crippen MR) is 55.6 cm³/mol. The zero-order valence-corrected chi connectivity index (χ0v) is 8.19. The third-order valence-corrected chi connectivity index (χ3v) is 2.48. The van der Waals surface area contributed by atoms with Crippen molar-refractivity contribution in [2.75, 3.05) is 6.54 Å². The molecule has 0 aliphatic carbocycles. The summed E-state index contributed by atoms with van der Waals surface area (Å²) in [7, 11) is 0. The maximum absolute atomic E-state index is 13.3. The minimum atomic E-state index is -0.824. The minimum absolute atomic E-state index is 0.238. The van der Waals surface area contributed by atoms with Crippen LogP contribution in [0.2, 0.25) is 0 Å². The smallest absolute Gasteiger partial charge is 0.182 e. The molecule has 80 valence electrons. The van der Waals surface area contributed by atoms with Gasteiger partial charge in [-0.25, -0.2) is 8.78 Å². The summed E-state index contributed by atoms with van der Waals surface area (Å²) in [4.78, 5) is 2.75. The largest absolute Gasteiger partial charge is 0.358 e. The molecule has 2 rings (SSSR count). The number of aromatic amines is 1. The van der Waals surface area contributed by atoms with Gasteiger partial charge in [0.2, 0.25) is 0 Å². The number of hydrogen-bond acceptors (Lipinski definition) is 1. The second-order valence-electron chi connectivity index (χ2n) is 3.49. The molecule has 0 saturated carbocycles. The molecule has 0 spiro atoms. The molecule has 1 heterocycles. The fourth-order valence-electron chi connectivity index (χ4n) is 1.70. The van der Waals surface area contributed by atoms with Crippen molar-refractivity contribution in [2.45, 2.75) is 12.8 Å². The van der Waals surface area contributed by atoms with Gasteiger partial charge in [-0.1, -0.05) is 0 Å². The lowest BCUT2D eigenvalue weighted by molar-refractivity contribution is 0.515. The Morgan fingerprint density at radius 3 is 2.80 bits per heavy atom. The van der Waals surface area contributed by atoms with E-state index < -0.39 is 11.6 Å². The number of nitrogens with one attached hydrogen (secondary N) is 1. The molecule has 1 aromatic carbocycles. The predicted octanol–water partition coefficient (Wildman–Crippen LogP) is 2.34. The average Bonchev–Trinajstić information content (AvgIpc) is 2.64. The molecule has 4 heteroatoms. The Bertz CT molecular complexity index is 477. The van der Waals surface area contributed by atoms with E-state index >= 15 is 0 Å². The number of halogens is 2. The summed E-state index contributed by atoms with van der Waals surface area (Å²) in [6, 6.07) is 2.74. The first-order chi connectivity index (χ1) is 7.24. The lowest BCUT2D eigenvalue weighted by atomic mass is 10.1. The van der Waals surface area contributed by atoms with Gasteiger partial charge in [-0.05, 0) is 37.1 Å². The molecule has 0 atom stereocenters. The summed E-state index contributed by atoms with van der Waals surface area (Å²) in [5.41, 5.74) is 6.62. The van der Waals surface area contributed by atoms with Gasteiger partial charge in [-0.3, -0.25) is 0 Å². The summed E-state index contributed by atoms with van der Waals surface area (Å²) >= 11 is 0. The van der Waals surface area contributed by atoms with Crippen LogP contribution in [-0.2, 0) is 6.42 Å². The highest BCUT2D eigenvalue weighted by molar-refractivity contribution is 5.83. The number of aryl methyl sites for hydroxylation is 1. The normalized spacial score (nSPS) is 11.1. The molecule has 1 aromatic heterocycles. The second kappa shape index (κ2) is 3.98. The number of fused-ring (bicyclic) bond motifs is 1. The molecule has 0 bridgehead atoms. The van der Waals surface area contributed by atoms with Crippen LogP contribution in [0.4, 0.5) is 8.78 Å². The van der Waals surface area contributed by atoms with Crippen molar-refractivity contribution >= 4 is 10.9 Å². The molecule has 2 aromatic rings. The number of benzene rings is 1. The van der Waals surface area contributed by atoms with E-state index in [-0.39, 0.29) is 5.52 Å². The average molecular weight is 210 g/mol. The standard InChI is InChI=1S/C11H12F2N2/c12-9-4-3-8-7(2-1-5-14)6-15-11(8)10(9)13/h3-4,6,15H,1-2,5,14H2. The van der Waals surface area contributed by atoms with Gasteiger partial charge >= 0.3 is 0 Å². The van der Waals surface area contributed by atoms with Gasteiger partial charge in [-0.15, -0.1) is 0 Å². The highest BCUT2D eigenvalue weighted by Crippen LogP contribution is 2.23. The zero-order chi connectivity index (χ0) is 10.8. The highest BCUT2D eigenvalue weighted by Gasteiger charge is 2.10. The van der Waals surface area contributed by atoms with Crippen LogP contribution in [0.15, 0.2) is 18.3 Å².